The largest absolute Gasteiger partial charge is 0.492 e. The lowest BCUT2D eigenvalue weighted by Gasteiger charge is -2.26. The van der Waals surface area contributed by atoms with Gasteiger partial charge in [0.05, 0.1) is 0 Å². The fourth-order valence-corrected chi connectivity index (χ4v) is 2.08. The normalized spacial score (nSPS) is 11.1. The van der Waals surface area contributed by atoms with Crippen LogP contribution in [0.1, 0.15) is 26.7 Å². The van der Waals surface area contributed by atoms with Gasteiger partial charge in [-0.2, -0.15) is 0 Å². The van der Waals surface area contributed by atoms with E-state index in [1.807, 2.05) is 12.1 Å². The zero-order valence-corrected chi connectivity index (χ0v) is 12.8. The number of aliphatic carboxylic acids is 1. The first-order valence-corrected chi connectivity index (χ1v) is 7.21. The molecule has 4 nitrogen and oxygen atoms in total. The number of carboxylic acids is 1. The molecule has 20 heavy (non-hydrogen) atoms. The van der Waals surface area contributed by atoms with E-state index in [9.17, 15) is 4.79 Å². The third-order valence-corrected chi connectivity index (χ3v) is 3.24. The maximum absolute atomic E-state index is 10.5. The van der Waals surface area contributed by atoms with Crippen molar-refractivity contribution in [1.29, 1.82) is 0 Å². The molecule has 1 N–H and O–H groups in total. The summed E-state index contributed by atoms with van der Waals surface area (Å²) in [5.74, 6) is 0.00984. The molecule has 5 heteroatoms. The predicted octanol–water partition coefficient (Wildman–Crippen LogP) is 3.29. The number of benzene rings is 1. The number of hydrogen-bond donors (Lipinski definition) is 1. The van der Waals surface area contributed by atoms with Crippen LogP contribution in [-0.4, -0.2) is 41.7 Å². The molecule has 0 amide bonds. The maximum atomic E-state index is 10.5. The van der Waals surface area contributed by atoms with E-state index < -0.39 is 5.97 Å². The van der Waals surface area contributed by atoms with Crippen molar-refractivity contribution in [3.05, 3.63) is 29.3 Å². The molecule has 0 spiro atoms. The molecule has 0 atom stereocenters. The molecular weight excluding hydrogens is 278 g/mol. The standard InChI is InChI=1S/C15H22ClNO3/c1-12(2)17(8-4-7-15(18)19)9-10-20-14-6-3-5-13(16)11-14/h3,5-6,11-12H,4,7-10H2,1-2H3,(H,18,19). The second-order valence-corrected chi connectivity index (χ2v) is 5.37. The summed E-state index contributed by atoms with van der Waals surface area (Å²) >= 11 is 5.89. The van der Waals surface area contributed by atoms with E-state index in [-0.39, 0.29) is 6.42 Å². The Balaban J connectivity index is 2.33. The maximum Gasteiger partial charge on any atom is 0.303 e. The van der Waals surface area contributed by atoms with E-state index in [4.69, 9.17) is 21.4 Å². The fraction of sp³-hybridized carbons (Fsp3) is 0.533. The molecule has 0 bridgehead atoms. The first-order chi connectivity index (χ1) is 9.49. The van der Waals surface area contributed by atoms with Gasteiger partial charge in [0.2, 0.25) is 0 Å². The summed E-state index contributed by atoms with van der Waals surface area (Å²) in [4.78, 5) is 12.7. The molecule has 0 aliphatic carbocycles. The highest BCUT2D eigenvalue weighted by molar-refractivity contribution is 6.30. The summed E-state index contributed by atoms with van der Waals surface area (Å²) in [7, 11) is 0. The molecule has 0 aliphatic rings. The van der Waals surface area contributed by atoms with Crippen LogP contribution in [-0.2, 0) is 4.79 Å². The summed E-state index contributed by atoms with van der Waals surface area (Å²) in [5.41, 5.74) is 0. The Hall–Kier alpha value is -1.26. The summed E-state index contributed by atoms with van der Waals surface area (Å²) in [6.45, 7) is 6.29. The van der Waals surface area contributed by atoms with Crippen LogP contribution in [0, 0.1) is 0 Å². The predicted molar refractivity (Wildman–Crippen MR) is 80.5 cm³/mol. The van der Waals surface area contributed by atoms with Gasteiger partial charge in [-0.05, 0) is 45.0 Å². The van der Waals surface area contributed by atoms with Gasteiger partial charge in [-0.25, -0.2) is 0 Å². The van der Waals surface area contributed by atoms with E-state index in [0.29, 0.717) is 24.1 Å². The van der Waals surface area contributed by atoms with E-state index in [1.165, 1.54) is 0 Å². The average molecular weight is 300 g/mol. The van der Waals surface area contributed by atoms with Crippen molar-refractivity contribution in [2.24, 2.45) is 0 Å². The molecule has 1 aromatic rings. The van der Waals surface area contributed by atoms with Gasteiger partial charge in [0.1, 0.15) is 12.4 Å². The number of rotatable bonds is 9. The van der Waals surface area contributed by atoms with Crippen LogP contribution >= 0.6 is 11.6 Å². The number of carbonyl (C=O) groups is 1. The molecule has 0 saturated heterocycles. The molecule has 0 saturated carbocycles. The molecule has 0 aliphatic heterocycles. The van der Waals surface area contributed by atoms with Crippen molar-refractivity contribution in [2.45, 2.75) is 32.7 Å². The summed E-state index contributed by atoms with van der Waals surface area (Å²) in [6, 6.07) is 7.68. The van der Waals surface area contributed by atoms with Crippen LogP contribution in [0.3, 0.4) is 0 Å². The van der Waals surface area contributed by atoms with Crippen LogP contribution in [0.4, 0.5) is 0 Å². The van der Waals surface area contributed by atoms with Crippen LogP contribution < -0.4 is 4.74 Å². The lowest BCUT2D eigenvalue weighted by atomic mass is 10.2. The second-order valence-electron chi connectivity index (χ2n) is 4.93. The smallest absolute Gasteiger partial charge is 0.303 e. The number of halogens is 1. The lowest BCUT2D eigenvalue weighted by molar-refractivity contribution is -0.137. The topological polar surface area (TPSA) is 49.8 Å². The van der Waals surface area contributed by atoms with Crippen molar-refractivity contribution in [3.63, 3.8) is 0 Å². The van der Waals surface area contributed by atoms with Crippen molar-refractivity contribution >= 4 is 17.6 Å². The van der Waals surface area contributed by atoms with Crippen LogP contribution in [0.2, 0.25) is 5.02 Å². The highest BCUT2D eigenvalue weighted by atomic mass is 35.5. The molecular formula is C15H22ClNO3. The molecule has 0 fully saturated rings. The Morgan fingerprint density at radius 1 is 1.40 bits per heavy atom. The first kappa shape index (κ1) is 16.8. The van der Waals surface area contributed by atoms with Crippen molar-refractivity contribution < 1.29 is 14.6 Å². The molecule has 1 aromatic carbocycles. The minimum atomic E-state index is -0.746. The number of nitrogens with zero attached hydrogens (tertiary/aromatic N) is 1. The zero-order chi connectivity index (χ0) is 15.0. The molecule has 0 heterocycles. The lowest BCUT2D eigenvalue weighted by Crippen LogP contribution is -2.35. The fourth-order valence-electron chi connectivity index (χ4n) is 1.90. The van der Waals surface area contributed by atoms with Gasteiger partial charge in [0.25, 0.3) is 0 Å². The highest BCUT2D eigenvalue weighted by Crippen LogP contribution is 2.17. The minimum Gasteiger partial charge on any atom is -0.492 e. The molecule has 0 radical (unpaired) electrons. The van der Waals surface area contributed by atoms with Crippen molar-refractivity contribution in [1.82, 2.24) is 4.90 Å². The highest BCUT2D eigenvalue weighted by Gasteiger charge is 2.10. The Morgan fingerprint density at radius 2 is 2.15 bits per heavy atom. The van der Waals surface area contributed by atoms with E-state index in [0.717, 1.165) is 18.8 Å². The van der Waals surface area contributed by atoms with Gasteiger partial charge >= 0.3 is 5.97 Å². The van der Waals surface area contributed by atoms with Crippen LogP contribution in [0.15, 0.2) is 24.3 Å². The number of hydrogen-bond acceptors (Lipinski definition) is 3. The molecule has 0 unspecified atom stereocenters. The second kappa shape index (κ2) is 8.82. The van der Waals surface area contributed by atoms with Crippen molar-refractivity contribution in [2.75, 3.05) is 19.7 Å². The van der Waals surface area contributed by atoms with Gasteiger partial charge < -0.3 is 9.84 Å². The molecule has 0 aromatic heterocycles. The van der Waals surface area contributed by atoms with Gasteiger partial charge in [0, 0.05) is 24.0 Å². The van der Waals surface area contributed by atoms with Gasteiger partial charge in [-0.3, -0.25) is 9.69 Å². The Kier molecular flexibility index (Phi) is 7.41. The third kappa shape index (κ3) is 6.78. The van der Waals surface area contributed by atoms with Crippen LogP contribution in [0.25, 0.3) is 0 Å². The quantitative estimate of drug-likeness (QED) is 0.760. The summed E-state index contributed by atoms with van der Waals surface area (Å²) in [6.07, 6.45) is 0.864. The zero-order valence-electron chi connectivity index (χ0n) is 12.0. The van der Waals surface area contributed by atoms with E-state index in [1.54, 1.807) is 12.1 Å². The molecule has 112 valence electrons. The Bertz CT molecular complexity index is 423. The monoisotopic (exact) mass is 299 g/mol. The number of carboxylic acid groups (broad SMARTS) is 1. The van der Waals surface area contributed by atoms with Crippen LogP contribution in [0.5, 0.6) is 5.75 Å². The summed E-state index contributed by atoms with van der Waals surface area (Å²) < 4.78 is 5.65. The van der Waals surface area contributed by atoms with E-state index in [2.05, 4.69) is 18.7 Å². The van der Waals surface area contributed by atoms with Gasteiger partial charge in [0.15, 0.2) is 0 Å². The number of ether oxygens (including phenoxy) is 1. The van der Waals surface area contributed by atoms with Gasteiger partial charge in [-0.15, -0.1) is 0 Å². The Labute approximate surface area is 125 Å². The van der Waals surface area contributed by atoms with Crippen molar-refractivity contribution in [3.8, 4) is 5.75 Å². The SMILES string of the molecule is CC(C)N(CCCC(=O)O)CCOc1cccc(Cl)c1. The molecule has 1 rings (SSSR count). The van der Waals surface area contributed by atoms with E-state index >= 15 is 0 Å². The summed E-state index contributed by atoms with van der Waals surface area (Å²) in [5, 5.41) is 9.32. The Morgan fingerprint density at radius 3 is 2.75 bits per heavy atom. The first-order valence-electron chi connectivity index (χ1n) is 6.83. The minimum absolute atomic E-state index is 0.207. The van der Waals surface area contributed by atoms with Gasteiger partial charge in [-0.1, -0.05) is 17.7 Å². The average Bonchev–Trinajstić information content (AvgIpc) is 2.36. The third-order valence-electron chi connectivity index (χ3n) is 3.01.